The van der Waals surface area contributed by atoms with Crippen LogP contribution < -0.4 is 0 Å². The maximum atomic E-state index is 9.73. The molecule has 4 unspecified atom stereocenters. The van der Waals surface area contributed by atoms with Crippen molar-refractivity contribution in [3.05, 3.63) is 29.3 Å². The van der Waals surface area contributed by atoms with Gasteiger partial charge in [-0.05, 0) is 85.0 Å². The van der Waals surface area contributed by atoms with Gasteiger partial charge >= 0.3 is 0 Å². The second-order valence-corrected chi connectivity index (χ2v) is 7.64. The normalized spacial score (nSPS) is 41.2. The molecule has 2 heteroatoms. The number of phenols is 1. The SMILES string of the molecule is COC1CC[C@H]2C3CCc4cc(O)ccc4C3CCC12C. The van der Waals surface area contributed by atoms with Crippen molar-refractivity contribution in [2.75, 3.05) is 7.11 Å². The van der Waals surface area contributed by atoms with E-state index < -0.39 is 0 Å². The highest BCUT2D eigenvalue weighted by molar-refractivity contribution is 5.40. The average Bonchev–Trinajstić information content (AvgIpc) is 2.83. The molecule has 2 nitrogen and oxygen atoms in total. The molecule has 0 spiro atoms. The molecule has 5 atom stereocenters. The molecule has 0 radical (unpaired) electrons. The first-order valence-corrected chi connectivity index (χ1v) is 8.48. The smallest absolute Gasteiger partial charge is 0.115 e. The number of benzene rings is 1. The van der Waals surface area contributed by atoms with Gasteiger partial charge in [0.25, 0.3) is 0 Å². The van der Waals surface area contributed by atoms with Gasteiger partial charge in [-0.25, -0.2) is 0 Å². The average molecular weight is 286 g/mol. The van der Waals surface area contributed by atoms with Crippen molar-refractivity contribution in [2.45, 2.75) is 57.5 Å². The Balaban J connectivity index is 1.68. The van der Waals surface area contributed by atoms with Crippen molar-refractivity contribution in [1.29, 1.82) is 0 Å². The molecule has 0 aromatic heterocycles. The molecule has 2 saturated carbocycles. The van der Waals surface area contributed by atoms with E-state index in [1.165, 1.54) is 43.2 Å². The summed E-state index contributed by atoms with van der Waals surface area (Å²) < 4.78 is 5.82. The van der Waals surface area contributed by atoms with Gasteiger partial charge in [0, 0.05) is 7.11 Å². The van der Waals surface area contributed by atoms with E-state index in [9.17, 15) is 5.11 Å². The zero-order chi connectivity index (χ0) is 14.6. The quantitative estimate of drug-likeness (QED) is 0.835. The highest BCUT2D eigenvalue weighted by atomic mass is 16.5. The zero-order valence-corrected chi connectivity index (χ0v) is 13.1. The zero-order valence-electron chi connectivity index (χ0n) is 13.1. The first kappa shape index (κ1) is 13.6. The summed E-state index contributed by atoms with van der Waals surface area (Å²) in [7, 11) is 1.89. The topological polar surface area (TPSA) is 29.5 Å². The third kappa shape index (κ3) is 1.88. The maximum Gasteiger partial charge on any atom is 0.115 e. The molecule has 3 aliphatic rings. The van der Waals surface area contributed by atoms with E-state index in [4.69, 9.17) is 4.74 Å². The first-order valence-electron chi connectivity index (χ1n) is 8.48. The summed E-state index contributed by atoms with van der Waals surface area (Å²) >= 11 is 0. The summed E-state index contributed by atoms with van der Waals surface area (Å²) in [6.45, 7) is 2.47. The van der Waals surface area contributed by atoms with E-state index >= 15 is 0 Å². The summed E-state index contributed by atoms with van der Waals surface area (Å²) in [6.07, 6.45) is 8.04. The van der Waals surface area contributed by atoms with Crippen molar-refractivity contribution in [1.82, 2.24) is 0 Å². The summed E-state index contributed by atoms with van der Waals surface area (Å²) in [4.78, 5) is 0. The molecule has 0 amide bonds. The lowest BCUT2D eigenvalue weighted by Gasteiger charge is -2.50. The number of methoxy groups -OCH3 is 1. The molecule has 21 heavy (non-hydrogen) atoms. The van der Waals surface area contributed by atoms with Crippen LogP contribution in [-0.2, 0) is 11.2 Å². The van der Waals surface area contributed by atoms with Gasteiger partial charge < -0.3 is 9.84 Å². The van der Waals surface area contributed by atoms with Crippen LogP contribution in [0.3, 0.4) is 0 Å². The third-order valence-corrected chi connectivity index (χ3v) is 6.91. The third-order valence-electron chi connectivity index (χ3n) is 6.91. The fourth-order valence-electron chi connectivity index (χ4n) is 5.91. The minimum absolute atomic E-state index is 0.393. The molecule has 0 aliphatic heterocycles. The number of ether oxygens (including phenoxy) is 1. The molecule has 1 aromatic rings. The van der Waals surface area contributed by atoms with E-state index in [0.717, 1.165) is 18.3 Å². The van der Waals surface area contributed by atoms with Crippen molar-refractivity contribution in [2.24, 2.45) is 17.3 Å². The molecule has 0 heterocycles. The van der Waals surface area contributed by atoms with Crippen LogP contribution in [0.25, 0.3) is 0 Å². The molecule has 3 aliphatic carbocycles. The minimum Gasteiger partial charge on any atom is -0.508 e. The number of phenolic OH excluding ortho intramolecular Hbond substituents is 1. The number of aromatic hydroxyl groups is 1. The Bertz CT molecular complexity index is 552. The van der Waals surface area contributed by atoms with Crippen molar-refractivity contribution >= 4 is 0 Å². The van der Waals surface area contributed by atoms with Gasteiger partial charge in [0.2, 0.25) is 0 Å². The van der Waals surface area contributed by atoms with Crippen LogP contribution in [0.15, 0.2) is 18.2 Å². The predicted octanol–water partition coefficient (Wildman–Crippen LogP) is 4.26. The molecule has 0 bridgehead atoms. The summed E-state index contributed by atoms with van der Waals surface area (Å²) in [5.74, 6) is 2.78. The highest BCUT2D eigenvalue weighted by Crippen LogP contribution is 2.61. The van der Waals surface area contributed by atoms with Gasteiger partial charge in [-0.1, -0.05) is 13.0 Å². The fraction of sp³-hybridized carbons (Fsp3) is 0.684. The molecular formula is C19H26O2. The van der Waals surface area contributed by atoms with E-state index in [0.29, 0.717) is 23.2 Å². The molecule has 0 saturated heterocycles. The molecule has 114 valence electrons. The van der Waals surface area contributed by atoms with E-state index in [-0.39, 0.29) is 0 Å². The van der Waals surface area contributed by atoms with Crippen LogP contribution >= 0.6 is 0 Å². The van der Waals surface area contributed by atoms with Crippen molar-refractivity contribution < 1.29 is 9.84 Å². The second kappa shape index (κ2) is 4.74. The number of fused-ring (bicyclic) bond motifs is 5. The second-order valence-electron chi connectivity index (χ2n) is 7.64. The Labute approximate surface area is 127 Å². The lowest BCUT2D eigenvalue weighted by atomic mass is 9.55. The Morgan fingerprint density at radius 2 is 2.05 bits per heavy atom. The maximum absolute atomic E-state index is 9.73. The van der Waals surface area contributed by atoms with Gasteiger partial charge in [-0.2, -0.15) is 0 Å². The highest BCUT2D eigenvalue weighted by Gasteiger charge is 2.54. The van der Waals surface area contributed by atoms with Crippen LogP contribution in [0.2, 0.25) is 0 Å². The first-order chi connectivity index (χ1) is 10.1. The van der Waals surface area contributed by atoms with Crippen LogP contribution in [0.5, 0.6) is 5.75 Å². The van der Waals surface area contributed by atoms with Gasteiger partial charge in [0.05, 0.1) is 6.10 Å². The number of rotatable bonds is 1. The Morgan fingerprint density at radius 3 is 2.86 bits per heavy atom. The minimum atomic E-state index is 0.393. The largest absolute Gasteiger partial charge is 0.508 e. The monoisotopic (exact) mass is 286 g/mol. The molecular weight excluding hydrogens is 260 g/mol. The molecule has 4 rings (SSSR count). The fourth-order valence-corrected chi connectivity index (χ4v) is 5.91. The lowest BCUT2D eigenvalue weighted by Crippen LogP contribution is -2.44. The summed E-state index contributed by atoms with van der Waals surface area (Å²) in [5.41, 5.74) is 3.30. The van der Waals surface area contributed by atoms with Gasteiger partial charge in [-0.3, -0.25) is 0 Å². The van der Waals surface area contributed by atoms with Crippen LogP contribution in [-0.4, -0.2) is 18.3 Å². The standard InChI is InChI=1S/C19H26O2/c1-19-10-9-15-14-6-4-13(20)11-12(14)3-5-16(15)17(19)7-8-18(19)21-2/h4,6,11,15-18,20H,3,5,7-10H2,1-2H3/t15?,16?,17-,18?,19?/m0/s1. The van der Waals surface area contributed by atoms with E-state index in [1.54, 1.807) is 0 Å². The predicted molar refractivity (Wildman–Crippen MR) is 83.5 cm³/mol. The Hall–Kier alpha value is -1.02. The Kier molecular flexibility index (Phi) is 3.08. The van der Waals surface area contributed by atoms with E-state index in [2.05, 4.69) is 13.0 Å². The number of hydrogen-bond donors (Lipinski definition) is 1. The lowest BCUT2D eigenvalue weighted by molar-refractivity contribution is -0.0444. The Morgan fingerprint density at radius 1 is 1.19 bits per heavy atom. The molecule has 2 fully saturated rings. The number of hydrogen-bond acceptors (Lipinski definition) is 2. The number of aryl methyl sites for hydroxylation is 1. The van der Waals surface area contributed by atoms with Crippen LogP contribution in [0, 0.1) is 17.3 Å². The summed E-state index contributed by atoms with van der Waals surface area (Å²) in [5, 5.41) is 9.73. The summed E-state index contributed by atoms with van der Waals surface area (Å²) in [6, 6.07) is 6.06. The van der Waals surface area contributed by atoms with Crippen molar-refractivity contribution in [3.63, 3.8) is 0 Å². The van der Waals surface area contributed by atoms with Gasteiger partial charge in [-0.15, -0.1) is 0 Å². The molecule has 1 N–H and O–H groups in total. The van der Waals surface area contributed by atoms with Gasteiger partial charge in [0.15, 0.2) is 0 Å². The van der Waals surface area contributed by atoms with Gasteiger partial charge in [0.1, 0.15) is 5.75 Å². The van der Waals surface area contributed by atoms with Crippen LogP contribution in [0.1, 0.15) is 56.1 Å². The van der Waals surface area contributed by atoms with Crippen molar-refractivity contribution in [3.8, 4) is 5.75 Å². The van der Waals surface area contributed by atoms with E-state index in [1.807, 2.05) is 19.2 Å². The molecule has 1 aromatic carbocycles. The van der Waals surface area contributed by atoms with Crippen LogP contribution in [0.4, 0.5) is 0 Å².